The van der Waals surface area contributed by atoms with Gasteiger partial charge in [0.15, 0.2) is 0 Å². The molecule has 4 rings (SSSR count). The summed E-state index contributed by atoms with van der Waals surface area (Å²) in [4.78, 5) is 29.8. The Balaban J connectivity index is 1.51. The largest absolute Gasteiger partial charge is 0.405 e. The zero-order valence-corrected chi connectivity index (χ0v) is 21.5. The van der Waals surface area contributed by atoms with Crippen LogP contribution in [0.4, 0.5) is 4.39 Å². The normalized spacial score (nSPS) is 19.5. The van der Waals surface area contributed by atoms with Crippen LogP contribution >= 0.6 is 0 Å². The predicted octanol–water partition coefficient (Wildman–Crippen LogP) is 3.52. The minimum absolute atomic E-state index is 0.139. The van der Waals surface area contributed by atoms with Crippen LogP contribution in [0.2, 0.25) is 0 Å². The van der Waals surface area contributed by atoms with Gasteiger partial charge in [0.05, 0.1) is 17.3 Å². The van der Waals surface area contributed by atoms with Gasteiger partial charge in [0, 0.05) is 40.0 Å². The van der Waals surface area contributed by atoms with Gasteiger partial charge in [0.25, 0.3) is 5.56 Å². The van der Waals surface area contributed by atoms with Crippen molar-refractivity contribution in [2.75, 3.05) is 14.1 Å². The second kappa shape index (κ2) is 10.6. The fourth-order valence-corrected chi connectivity index (χ4v) is 5.73. The first-order chi connectivity index (χ1) is 17.2. The van der Waals surface area contributed by atoms with Crippen molar-refractivity contribution in [2.45, 2.75) is 45.3 Å². The molecule has 0 bridgehead atoms. The summed E-state index contributed by atoms with van der Waals surface area (Å²) >= 11 is 0. The highest BCUT2D eigenvalue weighted by atomic mass is 19.1. The molecule has 192 valence electrons. The van der Waals surface area contributed by atoms with E-state index in [1.807, 2.05) is 13.0 Å². The summed E-state index contributed by atoms with van der Waals surface area (Å²) in [5, 5.41) is 2.98. The number of pyridine rings is 1. The van der Waals surface area contributed by atoms with E-state index in [1.165, 1.54) is 54.6 Å². The zero-order valence-electron chi connectivity index (χ0n) is 21.5. The molecular weight excluding hydrogens is 457 g/mol. The Bertz CT molecular complexity index is 1240. The Morgan fingerprint density at radius 2 is 1.86 bits per heavy atom. The first-order valence-corrected chi connectivity index (χ1v) is 12.5. The van der Waals surface area contributed by atoms with E-state index in [0.29, 0.717) is 22.6 Å². The molecule has 1 aromatic heterocycles. The molecule has 1 aliphatic heterocycles. The number of aromatic nitrogens is 1. The van der Waals surface area contributed by atoms with Gasteiger partial charge >= 0.3 is 0 Å². The second-order valence-corrected chi connectivity index (χ2v) is 9.96. The standard InChI is InChI=1S/C28H36FN5O2/c1-18(26-24(9-11-30)33(3)28(34(26)4)20-7-5-6-8-20)27(36)31-17-19-13-22(15-23(29)14-19)21-10-12-32(2)25(35)16-21/h9-16,18,20,28H,5-8,17,30H2,1-4H3,(H,31,36)/b11-9-. The second-order valence-electron chi connectivity index (χ2n) is 9.96. The molecular formula is C28H36FN5O2. The van der Waals surface area contributed by atoms with Crippen molar-refractivity contribution < 1.29 is 9.18 Å². The Kier molecular flexibility index (Phi) is 7.52. The van der Waals surface area contributed by atoms with Gasteiger partial charge in [0.2, 0.25) is 5.91 Å². The van der Waals surface area contributed by atoms with Crippen molar-refractivity contribution in [3.63, 3.8) is 0 Å². The molecule has 1 amide bonds. The fraction of sp³-hybridized carbons (Fsp3) is 0.429. The van der Waals surface area contributed by atoms with Crippen molar-refractivity contribution in [3.05, 3.63) is 81.9 Å². The number of hydrogen-bond donors (Lipinski definition) is 2. The van der Waals surface area contributed by atoms with Crippen molar-refractivity contribution in [1.82, 2.24) is 19.7 Å². The molecule has 8 heteroatoms. The minimum atomic E-state index is -0.417. The van der Waals surface area contributed by atoms with E-state index in [1.54, 1.807) is 25.4 Å². The maximum absolute atomic E-state index is 14.4. The lowest BCUT2D eigenvalue weighted by Gasteiger charge is -2.35. The highest BCUT2D eigenvalue weighted by Crippen LogP contribution is 2.40. The van der Waals surface area contributed by atoms with Crippen LogP contribution in [-0.4, -0.2) is 40.5 Å². The quantitative estimate of drug-likeness (QED) is 0.617. The summed E-state index contributed by atoms with van der Waals surface area (Å²) in [6.45, 7) is 2.08. The lowest BCUT2D eigenvalue weighted by Crippen LogP contribution is -2.43. The van der Waals surface area contributed by atoms with E-state index in [0.717, 1.165) is 11.4 Å². The summed E-state index contributed by atoms with van der Waals surface area (Å²) in [5.74, 6) is -0.422. The Labute approximate surface area is 212 Å². The average molecular weight is 494 g/mol. The molecule has 2 heterocycles. The third kappa shape index (κ3) is 5.03. The van der Waals surface area contributed by atoms with Crippen molar-refractivity contribution in [1.29, 1.82) is 0 Å². The summed E-state index contributed by atoms with van der Waals surface area (Å²) in [7, 11) is 5.79. The van der Waals surface area contributed by atoms with Crippen LogP contribution in [0.5, 0.6) is 0 Å². The molecule has 1 saturated carbocycles. The predicted molar refractivity (Wildman–Crippen MR) is 140 cm³/mol. The monoisotopic (exact) mass is 493 g/mol. The van der Waals surface area contributed by atoms with Gasteiger partial charge in [-0.15, -0.1) is 0 Å². The van der Waals surface area contributed by atoms with E-state index in [4.69, 9.17) is 5.73 Å². The summed E-state index contributed by atoms with van der Waals surface area (Å²) < 4.78 is 15.9. The van der Waals surface area contributed by atoms with Crippen LogP contribution in [0.3, 0.4) is 0 Å². The van der Waals surface area contributed by atoms with Crippen LogP contribution in [-0.2, 0) is 18.4 Å². The number of nitrogens with zero attached hydrogens (tertiary/aromatic N) is 3. The molecule has 3 N–H and O–H groups in total. The summed E-state index contributed by atoms with van der Waals surface area (Å²) in [6.07, 6.45) is 10.1. The van der Waals surface area contributed by atoms with E-state index in [2.05, 4.69) is 29.2 Å². The Hall–Kier alpha value is -3.55. The van der Waals surface area contributed by atoms with Gasteiger partial charge in [-0.1, -0.05) is 12.8 Å². The third-order valence-electron chi connectivity index (χ3n) is 7.56. The number of halogens is 1. The highest BCUT2D eigenvalue weighted by molar-refractivity contribution is 5.81. The number of nitrogens with one attached hydrogen (secondary N) is 1. The minimum Gasteiger partial charge on any atom is -0.405 e. The van der Waals surface area contributed by atoms with E-state index in [-0.39, 0.29) is 24.2 Å². The fourth-order valence-electron chi connectivity index (χ4n) is 5.73. The van der Waals surface area contributed by atoms with Gasteiger partial charge in [-0.05, 0) is 78.9 Å². The van der Waals surface area contributed by atoms with Gasteiger partial charge < -0.3 is 25.4 Å². The number of rotatable bonds is 7. The van der Waals surface area contributed by atoms with E-state index in [9.17, 15) is 14.0 Å². The summed E-state index contributed by atoms with van der Waals surface area (Å²) in [5.41, 5.74) is 9.35. The van der Waals surface area contributed by atoms with Crippen LogP contribution in [0.25, 0.3) is 11.1 Å². The Morgan fingerprint density at radius 3 is 2.53 bits per heavy atom. The number of likely N-dealkylation sites (N-methyl/N-ethyl adjacent to an activating group) is 1. The van der Waals surface area contributed by atoms with E-state index >= 15 is 0 Å². The molecule has 0 radical (unpaired) electrons. The molecule has 7 nitrogen and oxygen atoms in total. The maximum atomic E-state index is 14.4. The van der Waals surface area contributed by atoms with Crippen LogP contribution < -0.4 is 16.6 Å². The number of benzene rings is 1. The van der Waals surface area contributed by atoms with Crippen LogP contribution in [0.15, 0.2) is 65.0 Å². The van der Waals surface area contributed by atoms with E-state index < -0.39 is 11.7 Å². The Morgan fingerprint density at radius 1 is 1.14 bits per heavy atom. The highest BCUT2D eigenvalue weighted by Gasteiger charge is 2.41. The topological polar surface area (TPSA) is 83.6 Å². The molecule has 1 fully saturated rings. The average Bonchev–Trinajstić information content (AvgIpc) is 3.45. The number of nitrogens with two attached hydrogens (primary N) is 1. The first-order valence-electron chi connectivity index (χ1n) is 12.5. The van der Waals surface area contributed by atoms with Crippen LogP contribution in [0, 0.1) is 17.7 Å². The number of carbonyl (C=O) groups excluding carboxylic acids is 1. The molecule has 2 aromatic rings. The van der Waals surface area contributed by atoms with Gasteiger partial charge in [-0.25, -0.2) is 4.39 Å². The van der Waals surface area contributed by atoms with Gasteiger partial charge in [0.1, 0.15) is 12.0 Å². The zero-order chi connectivity index (χ0) is 26.0. The van der Waals surface area contributed by atoms with Crippen LogP contribution in [0.1, 0.15) is 38.2 Å². The molecule has 2 atom stereocenters. The molecule has 2 aliphatic rings. The number of allylic oxidation sites excluding steroid dienone is 1. The molecule has 2 unspecified atom stereocenters. The first kappa shape index (κ1) is 25.5. The van der Waals surface area contributed by atoms with Gasteiger partial charge in [-0.2, -0.15) is 0 Å². The summed E-state index contributed by atoms with van der Waals surface area (Å²) in [6, 6.07) is 7.85. The number of carbonyl (C=O) groups is 1. The molecule has 36 heavy (non-hydrogen) atoms. The van der Waals surface area contributed by atoms with Crippen molar-refractivity contribution in [3.8, 4) is 11.1 Å². The maximum Gasteiger partial charge on any atom is 0.250 e. The third-order valence-corrected chi connectivity index (χ3v) is 7.56. The lowest BCUT2D eigenvalue weighted by molar-refractivity contribution is -0.124. The van der Waals surface area contributed by atoms with Gasteiger partial charge in [-0.3, -0.25) is 9.59 Å². The molecule has 1 aliphatic carbocycles. The smallest absolute Gasteiger partial charge is 0.250 e. The molecule has 0 spiro atoms. The van der Waals surface area contributed by atoms with Crippen molar-refractivity contribution in [2.24, 2.45) is 24.6 Å². The molecule has 0 saturated heterocycles. The SMILES string of the molecule is CC(C(=O)NCc1cc(F)cc(-c2ccn(C)c(=O)c2)c1)C1=C(/C=C\N)N(C)C(C2CCCC2)N1C. The molecule has 1 aromatic carbocycles. The lowest BCUT2D eigenvalue weighted by atomic mass is 10.0. The number of aryl methyl sites for hydroxylation is 1. The van der Waals surface area contributed by atoms with Crippen molar-refractivity contribution >= 4 is 5.91 Å². The number of amides is 1. The number of hydrogen-bond acceptors (Lipinski definition) is 5.